The largest absolute Gasteiger partial charge is 0.416 e. The van der Waals surface area contributed by atoms with Crippen molar-refractivity contribution in [2.24, 2.45) is 5.92 Å². The summed E-state index contributed by atoms with van der Waals surface area (Å²) in [6.07, 6.45) is -4.31. The molecule has 1 N–H and O–H groups in total. The lowest BCUT2D eigenvalue weighted by Crippen LogP contribution is -2.13. The van der Waals surface area contributed by atoms with E-state index in [-0.39, 0.29) is 0 Å². The van der Waals surface area contributed by atoms with Crippen LogP contribution in [0.3, 0.4) is 0 Å². The number of aryl methyl sites for hydroxylation is 1. The van der Waals surface area contributed by atoms with Gasteiger partial charge in [0.1, 0.15) is 0 Å². The maximum atomic E-state index is 12.6. The van der Waals surface area contributed by atoms with Gasteiger partial charge in [-0.15, -0.1) is 0 Å². The summed E-state index contributed by atoms with van der Waals surface area (Å²) in [4.78, 5) is 0. The highest BCUT2D eigenvalue weighted by atomic mass is 19.4. The van der Waals surface area contributed by atoms with Crippen molar-refractivity contribution in [1.29, 1.82) is 0 Å². The van der Waals surface area contributed by atoms with E-state index >= 15 is 0 Å². The van der Waals surface area contributed by atoms with E-state index in [0.29, 0.717) is 31.4 Å². The molecule has 5 heteroatoms. The molecular weight excluding hydrogens is 255 g/mol. The van der Waals surface area contributed by atoms with Crippen molar-refractivity contribution in [3.63, 3.8) is 0 Å². The van der Waals surface area contributed by atoms with Gasteiger partial charge in [0, 0.05) is 18.8 Å². The number of halogens is 3. The van der Waals surface area contributed by atoms with Gasteiger partial charge >= 0.3 is 6.18 Å². The van der Waals surface area contributed by atoms with Crippen LogP contribution in [-0.4, -0.2) is 19.8 Å². The molecule has 0 fully saturated rings. The molecule has 0 aromatic heterocycles. The highest BCUT2D eigenvalue weighted by Crippen LogP contribution is 2.31. The molecule has 0 spiro atoms. The summed E-state index contributed by atoms with van der Waals surface area (Å²) < 4.78 is 43.1. The monoisotopic (exact) mass is 275 g/mol. The standard InChI is InChI=1S/C14H20F3NO/c1-10(2)9-19-7-6-18-13-8-12(14(15,16)17)5-4-11(13)3/h4-5,8,10,18H,6-7,9H2,1-3H3. The Balaban J connectivity index is 2.53. The van der Waals surface area contributed by atoms with Crippen molar-refractivity contribution in [2.45, 2.75) is 26.9 Å². The summed E-state index contributed by atoms with van der Waals surface area (Å²) >= 11 is 0. The van der Waals surface area contributed by atoms with Crippen LogP contribution in [-0.2, 0) is 10.9 Å². The lowest BCUT2D eigenvalue weighted by molar-refractivity contribution is -0.137. The van der Waals surface area contributed by atoms with Crippen molar-refractivity contribution >= 4 is 5.69 Å². The van der Waals surface area contributed by atoms with Crippen molar-refractivity contribution < 1.29 is 17.9 Å². The van der Waals surface area contributed by atoms with E-state index in [1.54, 1.807) is 6.92 Å². The molecule has 0 aliphatic rings. The maximum Gasteiger partial charge on any atom is 0.416 e. The summed E-state index contributed by atoms with van der Waals surface area (Å²) in [6.45, 7) is 7.50. The maximum absolute atomic E-state index is 12.6. The third-order valence-electron chi connectivity index (χ3n) is 2.58. The molecular formula is C14H20F3NO. The molecule has 0 aliphatic heterocycles. The van der Waals surface area contributed by atoms with Crippen LogP contribution in [0.5, 0.6) is 0 Å². The van der Waals surface area contributed by atoms with E-state index in [2.05, 4.69) is 5.32 Å². The van der Waals surface area contributed by atoms with Gasteiger partial charge < -0.3 is 10.1 Å². The van der Waals surface area contributed by atoms with Crippen molar-refractivity contribution in [3.05, 3.63) is 29.3 Å². The summed E-state index contributed by atoms with van der Waals surface area (Å²) in [5.74, 6) is 0.454. The summed E-state index contributed by atoms with van der Waals surface area (Å²) in [7, 11) is 0. The van der Waals surface area contributed by atoms with Gasteiger partial charge in [0.05, 0.1) is 12.2 Å². The van der Waals surface area contributed by atoms with Gasteiger partial charge in [0.2, 0.25) is 0 Å². The fourth-order valence-corrected chi connectivity index (χ4v) is 1.57. The number of nitrogens with one attached hydrogen (secondary N) is 1. The first kappa shape index (κ1) is 15.8. The number of benzene rings is 1. The molecule has 2 nitrogen and oxygen atoms in total. The minimum atomic E-state index is -4.31. The SMILES string of the molecule is Cc1ccc(C(F)(F)F)cc1NCCOCC(C)C. The smallest absolute Gasteiger partial charge is 0.383 e. The Labute approximate surface area is 112 Å². The van der Waals surface area contributed by atoms with Crippen LogP contribution in [0.4, 0.5) is 18.9 Å². The molecule has 0 bridgehead atoms. The fraction of sp³-hybridized carbons (Fsp3) is 0.571. The third-order valence-corrected chi connectivity index (χ3v) is 2.58. The second kappa shape index (κ2) is 6.80. The first-order valence-corrected chi connectivity index (χ1v) is 6.30. The second-order valence-electron chi connectivity index (χ2n) is 4.92. The number of hydrogen-bond donors (Lipinski definition) is 1. The molecule has 0 radical (unpaired) electrons. The lowest BCUT2D eigenvalue weighted by Gasteiger charge is -2.14. The molecule has 0 aliphatic carbocycles. The molecule has 1 rings (SSSR count). The fourth-order valence-electron chi connectivity index (χ4n) is 1.57. The first-order chi connectivity index (χ1) is 8.80. The van der Waals surface area contributed by atoms with Gasteiger partial charge in [-0.2, -0.15) is 13.2 Å². The Kier molecular flexibility index (Phi) is 5.66. The minimum Gasteiger partial charge on any atom is -0.383 e. The van der Waals surface area contributed by atoms with Crippen molar-refractivity contribution in [1.82, 2.24) is 0 Å². The molecule has 0 amide bonds. The Morgan fingerprint density at radius 3 is 2.53 bits per heavy atom. The molecule has 1 aromatic carbocycles. The molecule has 1 aromatic rings. The van der Waals surface area contributed by atoms with E-state index in [0.717, 1.165) is 17.7 Å². The summed E-state index contributed by atoms with van der Waals surface area (Å²) in [5.41, 5.74) is 0.656. The lowest BCUT2D eigenvalue weighted by atomic mass is 10.1. The van der Waals surface area contributed by atoms with E-state index in [1.807, 2.05) is 13.8 Å². The van der Waals surface area contributed by atoms with Crippen LogP contribution in [0.1, 0.15) is 25.0 Å². The van der Waals surface area contributed by atoms with Gasteiger partial charge in [-0.1, -0.05) is 19.9 Å². The van der Waals surface area contributed by atoms with E-state index < -0.39 is 11.7 Å². The van der Waals surface area contributed by atoms with E-state index in [9.17, 15) is 13.2 Å². The highest BCUT2D eigenvalue weighted by molar-refractivity contribution is 5.53. The molecule has 0 atom stereocenters. The number of rotatable bonds is 6. The Morgan fingerprint density at radius 2 is 1.95 bits per heavy atom. The average molecular weight is 275 g/mol. The van der Waals surface area contributed by atoms with E-state index in [1.165, 1.54) is 6.07 Å². The van der Waals surface area contributed by atoms with Crippen molar-refractivity contribution in [3.8, 4) is 0 Å². The van der Waals surface area contributed by atoms with Crippen LogP contribution >= 0.6 is 0 Å². The third kappa shape index (κ3) is 5.51. The van der Waals surface area contributed by atoms with Gasteiger partial charge in [0.25, 0.3) is 0 Å². The zero-order chi connectivity index (χ0) is 14.5. The zero-order valence-corrected chi connectivity index (χ0v) is 11.5. The quantitative estimate of drug-likeness (QED) is 0.789. The highest BCUT2D eigenvalue weighted by Gasteiger charge is 2.30. The predicted molar refractivity (Wildman–Crippen MR) is 70.3 cm³/mol. The van der Waals surface area contributed by atoms with Crippen molar-refractivity contribution in [2.75, 3.05) is 25.1 Å². The Hall–Kier alpha value is -1.23. The molecule has 0 unspecified atom stereocenters. The predicted octanol–water partition coefficient (Wildman–Crippen LogP) is 4.10. The average Bonchev–Trinajstić information content (AvgIpc) is 2.29. The van der Waals surface area contributed by atoms with Gasteiger partial charge in [0.15, 0.2) is 0 Å². The minimum absolute atomic E-state index is 0.454. The summed E-state index contributed by atoms with van der Waals surface area (Å²) in [5, 5.41) is 2.97. The first-order valence-electron chi connectivity index (χ1n) is 6.30. The topological polar surface area (TPSA) is 21.3 Å². The summed E-state index contributed by atoms with van der Waals surface area (Å²) in [6, 6.07) is 3.70. The van der Waals surface area contributed by atoms with Crippen LogP contribution in [0.2, 0.25) is 0 Å². The van der Waals surface area contributed by atoms with Gasteiger partial charge in [-0.25, -0.2) is 0 Å². The molecule has 108 valence electrons. The van der Waals surface area contributed by atoms with Gasteiger partial charge in [-0.3, -0.25) is 0 Å². The molecule has 0 saturated heterocycles. The molecule has 19 heavy (non-hydrogen) atoms. The van der Waals surface area contributed by atoms with Gasteiger partial charge in [-0.05, 0) is 30.5 Å². The number of anilines is 1. The Morgan fingerprint density at radius 1 is 1.26 bits per heavy atom. The second-order valence-corrected chi connectivity index (χ2v) is 4.92. The Bertz CT molecular complexity index is 402. The van der Waals surface area contributed by atoms with E-state index in [4.69, 9.17) is 4.74 Å². The number of ether oxygens (including phenoxy) is 1. The van der Waals surface area contributed by atoms with Crippen LogP contribution in [0.15, 0.2) is 18.2 Å². The van der Waals surface area contributed by atoms with Crippen LogP contribution < -0.4 is 5.32 Å². The molecule has 0 heterocycles. The number of hydrogen-bond acceptors (Lipinski definition) is 2. The normalized spacial score (nSPS) is 11.9. The molecule has 0 saturated carbocycles. The van der Waals surface area contributed by atoms with Crippen LogP contribution in [0.25, 0.3) is 0 Å². The number of alkyl halides is 3. The zero-order valence-electron chi connectivity index (χ0n) is 11.5. The van der Waals surface area contributed by atoms with Crippen LogP contribution in [0, 0.1) is 12.8 Å².